The molecule has 1 saturated heterocycles. The molecule has 3 atom stereocenters. The first-order chi connectivity index (χ1) is 11.2. The van der Waals surface area contributed by atoms with Crippen LogP contribution in [-0.2, 0) is 0 Å². The molecule has 0 spiro atoms. The number of aliphatic hydroxyl groups is 1. The van der Waals surface area contributed by atoms with Gasteiger partial charge in [-0.05, 0) is 49.9 Å². The third-order valence-corrected chi connectivity index (χ3v) is 5.28. The monoisotopic (exact) mass is 313 g/mol. The van der Waals surface area contributed by atoms with Gasteiger partial charge < -0.3 is 15.4 Å². The summed E-state index contributed by atoms with van der Waals surface area (Å²) in [6.07, 6.45) is 5.80. The van der Waals surface area contributed by atoms with Crippen molar-refractivity contribution in [1.82, 2.24) is 15.2 Å². The average Bonchev–Trinajstić information content (AvgIpc) is 3.26. The standard InChI is InChI=1S/C18H23N3O2/c22-14-7-9-21(11-14)17-3-1-2-16(17)20-18(23)13-4-5-15-12(10-13)6-8-19-15/h4-6,8,10,14,16-17,19,22H,1-3,7,9,11H2,(H,20,23)/t14?,16-,17+/m1/s1. The summed E-state index contributed by atoms with van der Waals surface area (Å²) in [5, 5.41) is 14.0. The Morgan fingerprint density at radius 2 is 2.17 bits per heavy atom. The topological polar surface area (TPSA) is 68.4 Å². The van der Waals surface area contributed by atoms with Crippen LogP contribution in [0.2, 0.25) is 0 Å². The molecule has 2 heterocycles. The molecule has 122 valence electrons. The summed E-state index contributed by atoms with van der Waals surface area (Å²) in [5.74, 6) is 0.00439. The fourth-order valence-electron chi connectivity index (χ4n) is 4.06. The number of amides is 1. The zero-order valence-electron chi connectivity index (χ0n) is 13.2. The molecule has 1 aromatic carbocycles. The molecule has 2 aromatic rings. The molecule has 5 nitrogen and oxygen atoms in total. The molecule has 4 rings (SSSR count). The van der Waals surface area contributed by atoms with Crippen LogP contribution < -0.4 is 5.32 Å². The zero-order valence-corrected chi connectivity index (χ0v) is 13.2. The molecule has 3 N–H and O–H groups in total. The number of carbonyl (C=O) groups is 1. The van der Waals surface area contributed by atoms with E-state index >= 15 is 0 Å². The molecule has 5 heteroatoms. The molecule has 1 unspecified atom stereocenters. The van der Waals surface area contributed by atoms with Crippen molar-refractivity contribution in [3.05, 3.63) is 36.0 Å². The van der Waals surface area contributed by atoms with Gasteiger partial charge in [0.15, 0.2) is 0 Å². The van der Waals surface area contributed by atoms with Gasteiger partial charge in [0.25, 0.3) is 5.91 Å². The second-order valence-corrected chi connectivity index (χ2v) is 6.80. The van der Waals surface area contributed by atoms with Crippen LogP contribution in [0.5, 0.6) is 0 Å². The lowest BCUT2D eigenvalue weighted by atomic mass is 10.1. The Morgan fingerprint density at radius 1 is 1.26 bits per heavy atom. The quantitative estimate of drug-likeness (QED) is 0.810. The molecule has 1 aromatic heterocycles. The minimum atomic E-state index is -0.206. The largest absolute Gasteiger partial charge is 0.392 e. The number of aromatic nitrogens is 1. The SMILES string of the molecule is O=C(N[C@@H]1CCC[C@@H]1N1CCC(O)C1)c1ccc2[nH]ccc2c1. The molecule has 2 fully saturated rings. The van der Waals surface area contributed by atoms with E-state index in [1.807, 2.05) is 30.5 Å². The van der Waals surface area contributed by atoms with E-state index < -0.39 is 0 Å². The maximum Gasteiger partial charge on any atom is 0.251 e. The van der Waals surface area contributed by atoms with Crippen LogP contribution in [0.3, 0.4) is 0 Å². The van der Waals surface area contributed by atoms with Gasteiger partial charge in [-0.1, -0.05) is 0 Å². The Morgan fingerprint density at radius 3 is 3.00 bits per heavy atom. The molecule has 23 heavy (non-hydrogen) atoms. The van der Waals surface area contributed by atoms with Gasteiger partial charge in [-0.2, -0.15) is 0 Å². The number of nitrogens with one attached hydrogen (secondary N) is 2. The number of aromatic amines is 1. The molecule has 1 saturated carbocycles. The molecule has 1 aliphatic heterocycles. The Balaban J connectivity index is 1.46. The predicted molar refractivity (Wildman–Crippen MR) is 89.4 cm³/mol. The Labute approximate surface area is 135 Å². The average molecular weight is 313 g/mol. The highest BCUT2D eigenvalue weighted by atomic mass is 16.3. The lowest BCUT2D eigenvalue weighted by molar-refractivity contribution is 0.0906. The van der Waals surface area contributed by atoms with Gasteiger partial charge in [0.2, 0.25) is 0 Å². The molecule has 1 amide bonds. The number of fused-ring (bicyclic) bond motifs is 1. The van der Waals surface area contributed by atoms with Crippen molar-refractivity contribution in [3.8, 4) is 0 Å². The summed E-state index contributed by atoms with van der Waals surface area (Å²) >= 11 is 0. The van der Waals surface area contributed by atoms with Gasteiger partial charge in [0, 0.05) is 47.8 Å². The normalized spacial score (nSPS) is 28.5. The number of hydrogen-bond acceptors (Lipinski definition) is 3. The molecule has 2 aliphatic rings. The maximum absolute atomic E-state index is 12.6. The van der Waals surface area contributed by atoms with E-state index in [-0.39, 0.29) is 18.1 Å². The first-order valence-corrected chi connectivity index (χ1v) is 8.51. The number of carbonyl (C=O) groups excluding carboxylic acids is 1. The predicted octanol–water partition coefficient (Wildman–Crippen LogP) is 1.89. The van der Waals surface area contributed by atoms with Gasteiger partial charge in [-0.25, -0.2) is 0 Å². The van der Waals surface area contributed by atoms with Crippen molar-refractivity contribution in [1.29, 1.82) is 0 Å². The van der Waals surface area contributed by atoms with Gasteiger partial charge in [-0.15, -0.1) is 0 Å². The summed E-state index contributed by atoms with van der Waals surface area (Å²) in [6.45, 7) is 1.68. The number of β-amino-alcohol motifs (C(OH)–C–C–N with tert-alkyl or cyclic N) is 1. The minimum absolute atomic E-state index is 0.00439. The maximum atomic E-state index is 12.6. The van der Waals surface area contributed by atoms with Crippen molar-refractivity contribution in [2.24, 2.45) is 0 Å². The second kappa shape index (κ2) is 5.98. The summed E-state index contributed by atoms with van der Waals surface area (Å²) in [6, 6.07) is 8.30. The second-order valence-electron chi connectivity index (χ2n) is 6.80. The molecule has 0 radical (unpaired) electrons. The Kier molecular flexibility index (Phi) is 3.83. The van der Waals surface area contributed by atoms with Crippen molar-refractivity contribution in [2.45, 2.75) is 43.9 Å². The number of hydrogen-bond donors (Lipinski definition) is 3. The Hall–Kier alpha value is -1.85. The van der Waals surface area contributed by atoms with Gasteiger partial charge in [0.05, 0.1) is 6.10 Å². The highest BCUT2D eigenvalue weighted by molar-refractivity contribution is 5.98. The lowest BCUT2D eigenvalue weighted by Gasteiger charge is -2.29. The van der Waals surface area contributed by atoms with Crippen LogP contribution in [0, 0.1) is 0 Å². The summed E-state index contributed by atoms with van der Waals surface area (Å²) < 4.78 is 0. The molecular formula is C18H23N3O2. The van der Waals surface area contributed by atoms with Crippen LogP contribution in [0.1, 0.15) is 36.0 Å². The fourth-order valence-corrected chi connectivity index (χ4v) is 4.06. The van der Waals surface area contributed by atoms with Gasteiger partial charge >= 0.3 is 0 Å². The number of nitrogens with zero attached hydrogens (tertiary/aromatic N) is 1. The van der Waals surface area contributed by atoms with E-state index in [9.17, 15) is 9.90 Å². The van der Waals surface area contributed by atoms with E-state index in [1.54, 1.807) is 0 Å². The lowest BCUT2D eigenvalue weighted by Crippen LogP contribution is -2.48. The number of aliphatic hydroxyl groups excluding tert-OH is 1. The van der Waals surface area contributed by atoms with Gasteiger partial charge in [-0.3, -0.25) is 9.69 Å². The van der Waals surface area contributed by atoms with Crippen molar-refractivity contribution in [2.75, 3.05) is 13.1 Å². The molecular weight excluding hydrogens is 290 g/mol. The smallest absolute Gasteiger partial charge is 0.251 e. The third-order valence-electron chi connectivity index (χ3n) is 5.28. The van der Waals surface area contributed by atoms with E-state index in [1.165, 1.54) is 0 Å². The van der Waals surface area contributed by atoms with Gasteiger partial charge in [0.1, 0.15) is 0 Å². The first kappa shape index (κ1) is 14.7. The van der Waals surface area contributed by atoms with Crippen LogP contribution in [0.15, 0.2) is 30.5 Å². The highest BCUT2D eigenvalue weighted by Crippen LogP contribution is 2.27. The number of rotatable bonds is 3. The van der Waals surface area contributed by atoms with Crippen LogP contribution in [0.25, 0.3) is 10.9 Å². The highest BCUT2D eigenvalue weighted by Gasteiger charge is 2.36. The number of H-pyrrole nitrogens is 1. The van der Waals surface area contributed by atoms with E-state index in [2.05, 4.69) is 15.2 Å². The summed E-state index contributed by atoms with van der Waals surface area (Å²) in [4.78, 5) is 18.1. The number of likely N-dealkylation sites (tertiary alicyclic amines) is 1. The minimum Gasteiger partial charge on any atom is -0.392 e. The van der Waals surface area contributed by atoms with Crippen molar-refractivity contribution < 1.29 is 9.90 Å². The van der Waals surface area contributed by atoms with Crippen LogP contribution in [-0.4, -0.2) is 52.2 Å². The van der Waals surface area contributed by atoms with E-state index in [0.29, 0.717) is 11.6 Å². The van der Waals surface area contributed by atoms with E-state index in [0.717, 1.165) is 49.7 Å². The third kappa shape index (κ3) is 2.86. The zero-order chi connectivity index (χ0) is 15.8. The van der Waals surface area contributed by atoms with Crippen molar-refractivity contribution >= 4 is 16.8 Å². The van der Waals surface area contributed by atoms with E-state index in [4.69, 9.17) is 0 Å². The molecule has 0 bridgehead atoms. The van der Waals surface area contributed by atoms with Crippen molar-refractivity contribution in [3.63, 3.8) is 0 Å². The summed E-state index contributed by atoms with van der Waals surface area (Å²) in [7, 11) is 0. The number of benzene rings is 1. The fraction of sp³-hybridized carbons (Fsp3) is 0.500. The van der Waals surface area contributed by atoms with Crippen LogP contribution >= 0.6 is 0 Å². The summed E-state index contributed by atoms with van der Waals surface area (Å²) in [5.41, 5.74) is 1.76. The molecule has 1 aliphatic carbocycles. The Bertz CT molecular complexity index is 711. The first-order valence-electron chi connectivity index (χ1n) is 8.51. The van der Waals surface area contributed by atoms with Crippen LogP contribution in [0.4, 0.5) is 0 Å².